The number of carbonyl (C=O) groups excluding carboxylic acids is 2. The number of aliphatic hydroxyl groups is 1. The van der Waals surface area contributed by atoms with Crippen LogP contribution in [0, 0.1) is 0 Å². The van der Waals surface area contributed by atoms with Gasteiger partial charge in [-0.2, -0.15) is 0 Å². The van der Waals surface area contributed by atoms with Crippen LogP contribution >= 0.6 is 0 Å². The molecule has 1 aromatic carbocycles. The van der Waals surface area contributed by atoms with Crippen molar-refractivity contribution in [3.05, 3.63) is 29.3 Å². The van der Waals surface area contributed by atoms with Crippen molar-refractivity contribution in [2.24, 2.45) is 0 Å². The van der Waals surface area contributed by atoms with E-state index in [2.05, 4.69) is 19.2 Å². The Bertz CT molecular complexity index is 794. The average Bonchev–Trinajstić information content (AvgIpc) is 2.90. The van der Waals surface area contributed by atoms with Gasteiger partial charge in [0.25, 0.3) is 5.91 Å². The number of hydrogen-bond donors (Lipinski definition) is 2. The summed E-state index contributed by atoms with van der Waals surface area (Å²) in [6, 6.07) is 4.65. The highest BCUT2D eigenvalue weighted by Gasteiger charge is 2.30. The molecule has 1 unspecified atom stereocenters. The van der Waals surface area contributed by atoms with Gasteiger partial charge in [0.1, 0.15) is 11.4 Å². The van der Waals surface area contributed by atoms with E-state index >= 15 is 0 Å². The Kier molecular flexibility index (Phi) is 9.94. The highest BCUT2D eigenvalue weighted by molar-refractivity contribution is 5.94. The summed E-state index contributed by atoms with van der Waals surface area (Å²) in [4.78, 5) is 30.4. The van der Waals surface area contributed by atoms with Gasteiger partial charge in [-0.1, -0.05) is 13.8 Å². The summed E-state index contributed by atoms with van der Waals surface area (Å²) in [6.45, 7) is 10.1. The third-order valence-electron chi connectivity index (χ3n) is 5.43. The van der Waals surface area contributed by atoms with Crippen LogP contribution in [0.1, 0.15) is 75.7 Å². The number of amides is 1. The minimum absolute atomic E-state index is 0.122. The van der Waals surface area contributed by atoms with Gasteiger partial charge < -0.3 is 29.5 Å². The van der Waals surface area contributed by atoms with E-state index in [1.165, 1.54) is 5.06 Å². The van der Waals surface area contributed by atoms with E-state index in [9.17, 15) is 14.7 Å². The molecule has 0 spiro atoms. The molecule has 1 aliphatic heterocycles. The summed E-state index contributed by atoms with van der Waals surface area (Å²) in [5.41, 5.74) is 0.701. The maximum Gasteiger partial charge on any atom is 0.528 e. The van der Waals surface area contributed by atoms with Gasteiger partial charge in [0.05, 0.1) is 18.7 Å². The third kappa shape index (κ3) is 8.49. The number of hydrogen-bond acceptors (Lipinski definition) is 8. The van der Waals surface area contributed by atoms with Crippen molar-refractivity contribution in [1.29, 1.82) is 0 Å². The zero-order valence-electron chi connectivity index (χ0n) is 20.6. The van der Waals surface area contributed by atoms with E-state index < -0.39 is 23.9 Å². The third-order valence-corrected chi connectivity index (χ3v) is 5.43. The number of ether oxygens (including phenoxy) is 3. The second kappa shape index (κ2) is 12.2. The molecule has 0 radical (unpaired) electrons. The number of aliphatic hydroxyl groups excluding tert-OH is 1. The van der Waals surface area contributed by atoms with Crippen LogP contribution in [-0.2, 0) is 14.3 Å². The summed E-state index contributed by atoms with van der Waals surface area (Å²) >= 11 is 0. The first kappa shape index (κ1) is 26.9. The lowest BCUT2D eigenvalue weighted by Gasteiger charge is -2.27. The second-order valence-electron chi connectivity index (χ2n) is 9.35. The van der Waals surface area contributed by atoms with Gasteiger partial charge in [-0.15, -0.1) is 5.06 Å². The van der Waals surface area contributed by atoms with Gasteiger partial charge in [-0.25, -0.2) is 4.79 Å². The summed E-state index contributed by atoms with van der Waals surface area (Å²) in [6.07, 6.45) is 0.390. The van der Waals surface area contributed by atoms with E-state index in [-0.39, 0.29) is 25.2 Å². The predicted octanol–water partition coefficient (Wildman–Crippen LogP) is 3.60. The van der Waals surface area contributed by atoms with Crippen molar-refractivity contribution in [3.8, 4) is 5.75 Å². The Hall–Kier alpha value is -2.36. The summed E-state index contributed by atoms with van der Waals surface area (Å²) in [5.74, 6) is 0.543. The first-order valence-corrected chi connectivity index (χ1v) is 11.4. The smallest absolute Gasteiger partial charge is 0.467 e. The molecule has 2 rings (SSSR count). The minimum atomic E-state index is -0.811. The van der Waals surface area contributed by atoms with Crippen LogP contribution in [0.4, 0.5) is 4.79 Å². The number of methoxy groups -OCH3 is 1. The lowest BCUT2D eigenvalue weighted by molar-refractivity contribution is -0.144. The number of benzene rings is 1. The molecule has 1 aromatic rings. The molecule has 1 amide bonds. The molecule has 33 heavy (non-hydrogen) atoms. The maximum absolute atomic E-state index is 13.0. The molecule has 1 saturated heterocycles. The molecule has 9 heteroatoms. The van der Waals surface area contributed by atoms with Crippen LogP contribution in [0.5, 0.6) is 5.75 Å². The highest BCUT2D eigenvalue weighted by Crippen LogP contribution is 2.30. The Morgan fingerprint density at radius 2 is 2.03 bits per heavy atom. The van der Waals surface area contributed by atoms with Gasteiger partial charge in [-0.3, -0.25) is 4.79 Å². The van der Waals surface area contributed by atoms with Gasteiger partial charge in [0, 0.05) is 19.2 Å². The van der Waals surface area contributed by atoms with E-state index in [1.54, 1.807) is 40.0 Å². The molecule has 1 fully saturated rings. The Balaban J connectivity index is 2.12. The molecular formula is C24H38N2O7. The summed E-state index contributed by atoms with van der Waals surface area (Å²) < 4.78 is 15.9. The van der Waals surface area contributed by atoms with Crippen molar-refractivity contribution in [3.63, 3.8) is 0 Å². The topological polar surface area (TPSA) is 107 Å². The number of rotatable bonds is 8. The number of nitrogens with zero attached hydrogens (tertiary/aromatic N) is 1. The lowest BCUT2D eigenvalue weighted by atomic mass is 9.95. The minimum Gasteiger partial charge on any atom is -0.467 e. The number of carbonyl (C=O) groups is 2. The second-order valence-corrected chi connectivity index (χ2v) is 9.35. The normalized spacial score (nSPS) is 20.5. The van der Waals surface area contributed by atoms with Gasteiger partial charge in [0.15, 0.2) is 6.79 Å². The number of hydroxylamine groups is 2. The molecule has 3 atom stereocenters. The molecule has 0 aliphatic carbocycles. The van der Waals surface area contributed by atoms with E-state index in [1.807, 2.05) is 6.07 Å². The summed E-state index contributed by atoms with van der Waals surface area (Å²) in [7, 11) is 1.55. The quantitative estimate of drug-likeness (QED) is 0.442. The van der Waals surface area contributed by atoms with Crippen LogP contribution in [-0.4, -0.2) is 67.0 Å². The van der Waals surface area contributed by atoms with Gasteiger partial charge in [0.2, 0.25) is 0 Å². The van der Waals surface area contributed by atoms with Crippen molar-refractivity contribution in [2.75, 3.05) is 27.0 Å². The fourth-order valence-corrected chi connectivity index (χ4v) is 3.51. The lowest BCUT2D eigenvalue weighted by Crippen LogP contribution is -2.49. The van der Waals surface area contributed by atoms with E-state index in [4.69, 9.17) is 19.0 Å². The SMILES string of the molecule is CCC(C)c1cc(C(=O)N[C@@H]2CN(OC(=O)OC(C)(C)C)CCC[C@H]2O)ccc1OCOC. The average molecular weight is 467 g/mol. The molecule has 1 aliphatic rings. The Labute approximate surface area is 196 Å². The van der Waals surface area contributed by atoms with Gasteiger partial charge in [-0.05, 0) is 69.7 Å². The van der Waals surface area contributed by atoms with Crippen LogP contribution in [0.3, 0.4) is 0 Å². The van der Waals surface area contributed by atoms with E-state index in [0.717, 1.165) is 12.0 Å². The first-order chi connectivity index (χ1) is 15.5. The molecular weight excluding hydrogens is 428 g/mol. The molecule has 0 saturated carbocycles. The van der Waals surface area contributed by atoms with Crippen molar-refractivity contribution >= 4 is 12.1 Å². The van der Waals surface area contributed by atoms with Gasteiger partial charge >= 0.3 is 6.16 Å². The predicted molar refractivity (Wildman–Crippen MR) is 123 cm³/mol. The molecule has 0 aromatic heterocycles. The van der Waals surface area contributed by atoms with Crippen LogP contribution in [0.15, 0.2) is 18.2 Å². The fourth-order valence-electron chi connectivity index (χ4n) is 3.51. The maximum atomic E-state index is 13.0. The van der Waals surface area contributed by atoms with E-state index in [0.29, 0.717) is 30.7 Å². The van der Waals surface area contributed by atoms with Crippen LogP contribution in [0.2, 0.25) is 0 Å². The molecule has 186 valence electrons. The Morgan fingerprint density at radius 1 is 1.30 bits per heavy atom. The van der Waals surface area contributed by atoms with Crippen molar-refractivity contribution < 1.29 is 33.7 Å². The molecule has 9 nitrogen and oxygen atoms in total. The van der Waals surface area contributed by atoms with Crippen molar-refractivity contribution in [1.82, 2.24) is 10.4 Å². The molecule has 0 bridgehead atoms. The van der Waals surface area contributed by atoms with Crippen molar-refractivity contribution in [2.45, 2.75) is 77.5 Å². The van der Waals surface area contributed by atoms with Crippen LogP contribution in [0.25, 0.3) is 0 Å². The fraction of sp³-hybridized carbons (Fsp3) is 0.667. The van der Waals surface area contributed by atoms with Crippen LogP contribution < -0.4 is 10.1 Å². The largest absolute Gasteiger partial charge is 0.528 e. The molecule has 1 heterocycles. The zero-order chi connectivity index (χ0) is 24.6. The highest BCUT2D eigenvalue weighted by atomic mass is 16.8. The number of nitrogens with one attached hydrogen (secondary N) is 1. The standard InChI is InChI=1S/C24H38N2O7/c1-7-16(2)18-13-17(10-11-21(18)31-15-30-6)22(28)25-19-14-26(12-8-9-20(19)27)33-23(29)32-24(3,4)5/h10-11,13,16,19-20,27H,7-9,12,14-15H2,1-6H3,(H,25,28)/t16?,19-,20-/m1/s1. The first-order valence-electron chi connectivity index (χ1n) is 11.4. The monoisotopic (exact) mass is 466 g/mol. The summed E-state index contributed by atoms with van der Waals surface area (Å²) in [5, 5.41) is 14.9. The zero-order valence-corrected chi connectivity index (χ0v) is 20.6. The molecule has 2 N–H and O–H groups in total. The Morgan fingerprint density at radius 3 is 2.67 bits per heavy atom.